The molecule has 2 aromatic rings. The summed E-state index contributed by atoms with van der Waals surface area (Å²) in [6, 6.07) is 8.90. The molecule has 1 aromatic carbocycles. The number of ether oxygens (including phenoxy) is 2. The van der Waals surface area contributed by atoms with Gasteiger partial charge < -0.3 is 19.2 Å². The zero-order valence-electron chi connectivity index (χ0n) is 10.9. The number of fused-ring (bicyclic) bond motifs is 1. The average Bonchev–Trinajstić information content (AvgIpc) is 3.04. The molecular formula is C15H13NO4. The summed E-state index contributed by atoms with van der Waals surface area (Å²) < 4.78 is 15.8. The van der Waals surface area contributed by atoms with Gasteiger partial charge in [-0.1, -0.05) is 0 Å². The number of amides is 1. The summed E-state index contributed by atoms with van der Waals surface area (Å²) in [6.07, 6.45) is 3.04. The number of furan rings is 1. The molecule has 0 fully saturated rings. The molecule has 3 rings (SSSR count). The fraction of sp³-hybridized carbons (Fsp3) is 0.133. The van der Waals surface area contributed by atoms with Crippen molar-refractivity contribution >= 4 is 17.7 Å². The second-order valence-corrected chi connectivity index (χ2v) is 4.34. The second-order valence-electron chi connectivity index (χ2n) is 4.34. The van der Waals surface area contributed by atoms with E-state index in [1.165, 1.54) is 6.08 Å². The zero-order valence-corrected chi connectivity index (χ0v) is 10.9. The predicted octanol–water partition coefficient (Wildman–Crippen LogP) is 2.97. The number of aryl methyl sites for hydroxylation is 1. The minimum atomic E-state index is -0.238. The van der Waals surface area contributed by atoms with E-state index in [0.29, 0.717) is 22.9 Å². The largest absolute Gasteiger partial charge is 0.462 e. The van der Waals surface area contributed by atoms with Crippen LogP contribution in [0.1, 0.15) is 11.5 Å². The third-order valence-electron chi connectivity index (χ3n) is 2.80. The molecule has 0 saturated carbocycles. The topological polar surface area (TPSA) is 60.7 Å². The fourth-order valence-corrected chi connectivity index (χ4v) is 1.86. The van der Waals surface area contributed by atoms with Crippen LogP contribution in [-0.4, -0.2) is 12.7 Å². The van der Waals surface area contributed by atoms with Crippen LogP contribution in [0.2, 0.25) is 0 Å². The first-order chi connectivity index (χ1) is 9.70. The highest BCUT2D eigenvalue weighted by atomic mass is 16.7. The average molecular weight is 271 g/mol. The van der Waals surface area contributed by atoms with Gasteiger partial charge in [0.2, 0.25) is 12.7 Å². The number of nitrogens with one attached hydrogen (secondary N) is 1. The minimum absolute atomic E-state index is 0.213. The highest BCUT2D eigenvalue weighted by molar-refractivity contribution is 6.01. The SMILES string of the molecule is Cc1ccc(/C=C/C(=O)Nc2ccc3c(c2)OCO3)o1. The quantitative estimate of drug-likeness (QED) is 0.872. The lowest BCUT2D eigenvalue weighted by Gasteiger charge is -2.03. The lowest BCUT2D eigenvalue weighted by Crippen LogP contribution is -2.07. The van der Waals surface area contributed by atoms with Crippen molar-refractivity contribution in [1.29, 1.82) is 0 Å². The van der Waals surface area contributed by atoms with E-state index in [2.05, 4.69) is 5.32 Å². The van der Waals surface area contributed by atoms with Crippen LogP contribution in [0.3, 0.4) is 0 Å². The summed E-state index contributed by atoms with van der Waals surface area (Å²) >= 11 is 0. The summed E-state index contributed by atoms with van der Waals surface area (Å²) in [7, 11) is 0. The number of rotatable bonds is 3. The van der Waals surface area contributed by atoms with Crippen molar-refractivity contribution in [2.45, 2.75) is 6.92 Å². The molecule has 0 unspecified atom stereocenters. The summed E-state index contributed by atoms with van der Waals surface area (Å²) in [5.74, 6) is 2.53. The molecule has 1 aliphatic rings. The van der Waals surface area contributed by atoms with Crippen LogP contribution in [0.5, 0.6) is 11.5 Å². The van der Waals surface area contributed by atoms with Crippen LogP contribution in [0.15, 0.2) is 40.8 Å². The molecular weight excluding hydrogens is 258 g/mol. The van der Waals surface area contributed by atoms with Gasteiger partial charge in [0.25, 0.3) is 0 Å². The van der Waals surface area contributed by atoms with Crippen molar-refractivity contribution in [2.75, 3.05) is 12.1 Å². The van der Waals surface area contributed by atoms with Crippen LogP contribution in [0, 0.1) is 6.92 Å². The maximum Gasteiger partial charge on any atom is 0.248 e. The first-order valence-corrected chi connectivity index (χ1v) is 6.16. The van der Waals surface area contributed by atoms with Crippen LogP contribution in [-0.2, 0) is 4.79 Å². The van der Waals surface area contributed by atoms with E-state index < -0.39 is 0 Å². The Bertz CT molecular complexity index is 672. The third kappa shape index (κ3) is 2.66. The number of anilines is 1. The van der Waals surface area contributed by atoms with Gasteiger partial charge in [-0.25, -0.2) is 0 Å². The monoisotopic (exact) mass is 271 g/mol. The molecule has 1 amide bonds. The third-order valence-corrected chi connectivity index (χ3v) is 2.80. The Morgan fingerprint density at radius 3 is 2.85 bits per heavy atom. The van der Waals surface area contributed by atoms with Gasteiger partial charge in [0.1, 0.15) is 11.5 Å². The van der Waals surface area contributed by atoms with E-state index in [1.807, 2.05) is 13.0 Å². The Hall–Kier alpha value is -2.69. The van der Waals surface area contributed by atoms with Gasteiger partial charge >= 0.3 is 0 Å². The molecule has 20 heavy (non-hydrogen) atoms. The van der Waals surface area contributed by atoms with Crippen LogP contribution < -0.4 is 14.8 Å². The van der Waals surface area contributed by atoms with Crippen molar-refractivity contribution in [3.8, 4) is 11.5 Å². The maximum atomic E-state index is 11.8. The van der Waals surface area contributed by atoms with Crippen molar-refractivity contribution in [2.24, 2.45) is 0 Å². The highest BCUT2D eigenvalue weighted by Gasteiger charge is 2.13. The summed E-state index contributed by atoms with van der Waals surface area (Å²) in [5.41, 5.74) is 0.652. The number of hydrogen-bond acceptors (Lipinski definition) is 4. The van der Waals surface area contributed by atoms with Crippen molar-refractivity contribution in [3.05, 3.63) is 47.9 Å². The van der Waals surface area contributed by atoms with Crippen LogP contribution in [0.25, 0.3) is 6.08 Å². The first-order valence-electron chi connectivity index (χ1n) is 6.16. The summed E-state index contributed by atoms with van der Waals surface area (Å²) in [4.78, 5) is 11.8. The van der Waals surface area contributed by atoms with E-state index in [-0.39, 0.29) is 12.7 Å². The Labute approximate surface area is 115 Å². The first kappa shape index (κ1) is 12.3. The van der Waals surface area contributed by atoms with Gasteiger partial charge in [0.05, 0.1) is 0 Å². The van der Waals surface area contributed by atoms with Crippen molar-refractivity contribution < 1.29 is 18.7 Å². The smallest absolute Gasteiger partial charge is 0.248 e. The van der Waals surface area contributed by atoms with Crippen LogP contribution in [0.4, 0.5) is 5.69 Å². The van der Waals surface area contributed by atoms with E-state index >= 15 is 0 Å². The Balaban J connectivity index is 1.65. The number of carbonyl (C=O) groups is 1. The standard InChI is InChI=1S/C15H13NO4/c1-10-2-4-12(20-10)5-7-15(17)16-11-3-6-13-14(8-11)19-9-18-13/h2-8H,9H2,1H3,(H,16,17)/b7-5+. The van der Waals surface area contributed by atoms with Gasteiger partial charge in [0.15, 0.2) is 11.5 Å². The minimum Gasteiger partial charge on any atom is -0.462 e. The molecule has 0 spiro atoms. The van der Waals surface area contributed by atoms with Crippen molar-refractivity contribution in [1.82, 2.24) is 0 Å². The normalized spacial score (nSPS) is 12.8. The molecule has 1 aliphatic heterocycles. The maximum absolute atomic E-state index is 11.8. The molecule has 102 valence electrons. The van der Waals surface area contributed by atoms with Gasteiger partial charge in [-0.3, -0.25) is 4.79 Å². The van der Waals surface area contributed by atoms with Gasteiger partial charge in [-0.05, 0) is 37.3 Å². The van der Waals surface area contributed by atoms with E-state index in [4.69, 9.17) is 13.9 Å². The molecule has 5 heteroatoms. The van der Waals surface area contributed by atoms with Crippen LogP contribution >= 0.6 is 0 Å². The molecule has 0 saturated heterocycles. The Morgan fingerprint density at radius 1 is 1.20 bits per heavy atom. The molecule has 0 atom stereocenters. The summed E-state index contributed by atoms with van der Waals surface area (Å²) in [5, 5.41) is 2.75. The molecule has 0 aliphatic carbocycles. The molecule has 1 aromatic heterocycles. The number of carbonyl (C=O) groups excluding carboxylic acids is 1. The van der Waals surface area contributed by atoms with Gasteiger partial charge in [-0.15, -0.1) is 0 Å². The molecule has 0 radical (unpaired) electrons. The zero-order chi connectivity index (χ0) is 13.9. The van der Waals surface area contributed by atoms with E-state index in [0.717, 1.165) is 5.76 Å². The second kappa shape index (κ2) is 5.13. The lowest BCUT2D eigenvalue weighted by atomic mass is 10.2. The van der Waals surface area contributed by atoms with Gasteiger partial charge in [0, 0.05) is 17.8 Å². The van der Waals surface area contributed by atoms with E-state index in [1.54, 1.807) is 30.3 Å². The van der Waals surface area contributed by atoms with Crippen molar-refractivity contribution in [3.63, 3.8) is 0 Å². The number of hydrogen-bond donors (Lipinski definition) is 1. The fourth-order valence-electron chi connectivity index (χ4n) is 1.86. The Morgan fingerprint density at radius 2 is 2.05 bits per heavy atom. The lowest BCUT2D eigenvalue weighted by molar-refractivity contribution is -0.111. The highest BCUT2D eigenvalue weighted by Crippen LogP contribution is 2.34. The Kier molecular flexibility index (Phi) is 3.16. The number of benzene rings is 1. The predicted molar refractivity (Wildman–Crippen MR) is 73.7 cm³/mol. The van der Waals surface area contributed by atoms with E-state index in [9.17, 15) is 4.79 Å². The molecule has 0 bridgehead atoms. The van der Waals surface area contributed by atoms with Gasteiger partial charge in [-0.2, -0.15) is 0 Å². The molecule has 5 nitrogen and oxygen atoms in total. The molecule has 1 N–H and O–H groups in total. The molecule has 2 heterocycles. The summed E-state index contributed by atoms with van der Waals surface area (Å²) in [6.45, 7) is 2.06.